The Labute approximate surface area is 242 Å². The van der Waals surface area contributed by atoms with Gasteiger partial charge in [0.05, 0.1) is 18.0 Å². The van der Waals surface area contributed by atoms with E-state index in [2.05, 4.69) is 41.1 Å². The number of aromatic nitrogens is 5. The average molecular weight is 649 g/mol. The Hall–Kier alpha value is -3.80. The summed E-state index contributed by atoms with van der Waals surface area (Å²) in [5, 5.41) is 37.4. The average Bonchev–Trinajstić information content (AvgIpc) is 3.56. The molecule has 2 atom stereocenters. The molecule has 2 aliphatic heterocycles. The van der Waals surface area contributed by atoms with E-state index in [9.17, 15) is 32.7 Å². The van der Waals surface area contributed by atoms with Crippen LogP contribution in [0.15, 0.2) is 27.0 Å². The Morgan fingerprint density at radius 2 is 2.15 bits per heavy atom. The van der Waals surface area contributed by atoms with Crippen molar-refractivity contribution in [3.63, 3.8) is 0 Å². The number of oxime groups is 1. The first-order chi connectivity index (χ1) is 19.4. The number of carbonyl (C=O) groups is 4. The number of thiazole rings is 1. The van der Waals surface area contributed by atoms with Crippen LogP contribution in [0, 0.1) is 5.41 Å². The van der Waals surface area contributed by atoms with Gasteiger partial charge >= 0.3 is 12.1 Å². The number of hydrogen-bond donors (Lipinski definition) is 6. The number of rotatable bonds is 11. The lowest BCUT2D eigenvalue weighted by atomic mass is 10.0. The molecule has 0 aromatic carbocycles. The molecule has 2 aromatic heterocycles. The highest BCUT2D eigenvalue weighted by molar-refractivity contribution is 8.01. The number of thioether (sulfide) groups is 2. The van der Waals surface area contributed by atoms with Crippen molar-refractivity contribution in [2.45, 2.75) is 23.1 Å². The van der Waals surface area contributed by atoms with E-state index in [1.807, 2.05) is 0 Å². The van der Waals surface area contributed by atoms with Gasteiger partial charge in [-0.2, -0.15) is 8.42 Å². The monoisotopic (exact) mass is 648 g/mol. The predicted molar refractivity (Wildman–Crippen MR) is 141 cm³/mol. The Morgan fingerprint density at radius 1 is 1.39 bits per heavy atom. The van der Waals surface area contributed by atoms with Gasteiger partial charge in [-0.25, -0.2) is 14.3 Å². The molecule has 0 radical (unpaired) electrons. The molecule has 3 amide bonds. The third kappa shape index (κ3) is 6.92. The summed E-state index contributed by atoms with van der Waals surface area (Å²) in [6, 6.07) is -1.12. The molecule has 1 fully saturated rings. The number of aryl methyl sites for hydroxylation is 1. The van der Waals surface area contributed by atoms with Gasteiger partial charge in [0, 0.05) is 23.9 Å². The molecule has 0 spiro atoms. The van der Waals surface area contributed by atoms with Crippen molar-refractivity contribution in [2.75, 3.05) is 24.3 Å². The summed E-state index contributed by atoms with van der Waals surface area (Å²) in [7, 11) is -2.98. The Kier molecular flexibility index (Phi) is 9.11. The number of tetrazole rings is 1. The summed E-state index contributed by atoms with van der Waals surface area (Å²) in [5.41, 5.74) is -0.252. The lowest BCUT2D eigenvalue weighted by molar-refractivity contribution is -0.150. The number of aliphatic carboxylic acids is 1. The number of carboxylic acid groups (broad SMARTS) is 1. The Balaban J connectivity index is 1.48. The summed E-state index contributed by atoms with van der Waals surface area (Å²) in [5.74, 6) is -3.38. The maximum Gasteiger partial charge on any atom is 0.433 e. The quantitative estimate of drug-likeness (QED) is 0.0385. The van der Waals surface area contributed by atoms with Crippen LogP contribution in [0.25, 0.3) is 0 Å². The van der Waals surface area contributed by atoms with Gasteiger partial charge in [0.15, 0.2) is 10.5 Å². The van der Waals surface area contributed by atoms with E-state index in [4.69, 9.17) is 9.96 Å². The molecule has 6 N–H and O–H groups in total. The van der Waals surface area contributed by atoms with Gasteiger partial charge < -0.3 is 20.7 Å². The number of fused-ring (bicyclic) bond motifs is 1. The molecular formula is C18H20N10O9S4. The molecule has 220 valence electrons. The third-order valence-electron chi connectivity index (χ3n) is 5.41. The zero-order valence-corrected chi connectivity index (χ0v) is 23.9. The maximum absolute atomic E-state index is 13.0. The van der Waals surface area contributed by atoms with Crippen molar-refractivity contribution in [1.82, 2.24) is 40.7 Å². The second-order valence-corrected chi connectivity index (χ2v) is 12.5. The summed E-state index contributed by atoms with van der Waals surface area (Å²) in [4.78, 5) is 57.9. The van der Waals surface area contributed by atoms with Gasteiger partial charge in [0.2, 0.25) is 5.16 Å². The number of aromatic amines is 1. The molecular weight excluding hydrogens is 629 g/mol. The number of β-lactam (4-membered cyclic amide) rings is 1. The van der Waals surface area contributed by atoms with Gasteiger partial charge in [0.1, 0.15) is 17.1 Å². The first-order valence-corrected chi connectivity index (χ1v) is 15.7. The Morgan fingerprint density at radius 3 is 2.78 bits per heavy atom. The fraction of sp³-hybridized carbons (Fsp3) is 0.389. The first-order valence-electron chi connectivity index (χ1n) is 11.1. The Bertz CT molecular complexity index is 1610. The predicted octanol–water partition coefficient (Wildman–Crippen LogP) is -1.98. The molecule has 1 unspecified atom stereocenters. The van der Waals surface area contributed by atoms with Crippen LogP contribution in [0.5, 0.6) is 0 Å². The lowest BCUT2D eigenvalue weighted by Gasteiger charge is -2.49. The lowest BCUT2D eigenvalue weighted by Crippen LogP contribution is -2.71. The molecule has 2 aromatic rings. The van der Waals surface area contributed by atoms with Gasteiger partial charge in [-0.3, -0.25) is 29.3 Å². The minimum atomic E-state index is -4.26. The van der Waals surface area contributed by atoms with Crippen LogP contribution >= 0.6 is 34.9 Å². The van der Waals surface area contributed by atoms with Crippen LogP contribution in [0.4, 0.5) is 4.79 Å². The minimum absolute atomic E-state index is 0.0109. The fourth-order valence-corrected chi connectivity index (χ4v) is 6.92. The molecule has 19 nitrogen and oxygen atoms in total. The van der Waals surface area contributed by atoms with Crippen LogP contribution in [-0.4, -0.2) is 113 Å². The van der Waals surface area contributed by atoms with Crippen LogP contribution in [-0.2, 0) is 35.9 Å². The van der Waals surface area contributed by atoms with Crippen molar-refractivity contribution >= 4 is 74.6 Å². The zero-order valence-electron chi connectivity index (χ0n) is 20.6. The molecule has 0 saturated carbocycles. The molecule has 2 aliphatic rings. The van der Waals surface area contributed by atoms with E-state index in [1.54, 1.807) is 0 Å². The number of carboxylic acids is 1. The number of carbonyl (C=O) groups excluding carboxylic acids is 3. The van der Waals surface area contributed by atoms with E-state index in [1.165, 1.54) is 24.2 Å². The number of amides is 3. The van der Waals surface area contributed by atoms with Gasteiger partial charge in [-0.15, -0.1) is 28.2 Å². The standard InChI is InChI=1S/C18H20N10O9S4/c1-20-18(33)37-24-9(8-6-39-16(19)21-8)12(29)22-10-13(30)28-11(15(31)32)7(4-38-14(10)28)5-40-17-23-25-26-27(17)2-3-41(34,35)36/h6,10,14H,2-5H2,1H3,(H2,19,21)(H,20,33)(H,22,29)(H,31,32)(H,34,35,36)/t10?,14-/m0/s1. The fourth-order valence-electron chi connectivity index (χ4n) is 3.56. The first kappa shape index (κ1) is 30.2. The van der Waals surface area contributed by atoms with E-state index in [0.717, 1.165) is 32.7 Å². The molecule has 4 heterocycles. The van der Waals surface area contributed by atoms with Crippen molar-refractivity contribution in [3.05, 3.63) is 27.1 Å². The van der Waals surface area contributed by atoms with E-state index in [0.29, 0.717) is 5.57 Å². The number of nitrogens with zero attached hydrogens (tertiary/aromatic N) is 6. The summed E-state index contributed by atoms with van der Waals surface area (Å²) >= 11 is 3.16. The molecule has 23 heteroatoms. The highest BCUT2D eigenvalue weighted by Crippen LogP contribution is 2.41. The van der Waals surface area contributed by atoms with E-state index in [-0.39, 0.29) is 39.4 Å². The second-order valence-electron chi connectivity index (χ2n) is 8.05. The zero-order chi connectivity index (χ0) is 29.9. The van der Waals surface area contributed by atoms with Gasteiger partial charge in [0.25, 0.3) is 21.9 Å². The van der Waals surface area contributed by atoms with Gasteiger partial charge in [-0.1, -0.05) is 16.9 Å². The maximum atomic E-state index is 13.0. The van der Waals surface area contributed by atoms with Crippen LogP contribution < -0.4 is 15.4 Å². The topological polar surface area (TPSA) is 275 Å². The van der Waals surface area contributed by atoms with Crippen LogP contribution in [0.2, 0.25) is 0 Å². The van der Waals surface area contributed by atoms with Crippen LogP contribution in [0.3, 0.4) is 0 Å². The summed E-state index contributed by atoms with van der Waals surface area (Å²) < 4.78 is 32.2. The molecule has 0 aliphatic carbocycles. The normalized spacial score (nSPS) is 18.9. The number of nitrogens with one attached hydrogen (secondary N) is 4. The second kappa shape index (κ2) is 12.4. The number of hydrogen-bond acceptors (Lipinski definition) is 15. The third-order valence-corrected chi connectivity index (χ3v) is 9.18. The molecule has 0 bridgehead atoms. The molecule has 1 saturated heterocycles. The SMILES string of the molecule is CNC(=O)ON=C(C(=O)NC1C(=O)N2C(C(=O)O)=C(CSc3nnnn3CCS(=O)(=O)O)CS[C@@H]12)c1csc(=N)[nH]1. The van der Waals surface area contributed by atoms with Crippen LogP contribution in [0.1, 0.15) is 5.69 Å². The summed E-state index contributed by atoms with van der Waals surface area (Å²) in [6.07, 6.45) is -0.959. The van der Waals surface area contributed by atoms with E-state index < -0.39 is 56.9 Å². The number of H-pyrrole nitrogens is 1. The highest BCUT2D eigenvalue weighted by atomic mass is 32.2. The van der Waals surface area contributed by atoms with Crippen molar-refractivity contribution in [2.24, 2.45) is 5.16 Å². The molecule has 4 rings (SSSR count). The molecule has 41 heavy (non-hydrogen) atoms. The largest absolute Gasteiger partial charge is 0.477 e. The van der Waals surface area contributed by atoms with Crippen molar-refractivity contribution in [1.29, 1.82) is 5.41 Å². The summed E-state index contributed by atoms with van der Waals surface area (Å²) in [6.45, 7) is -0.229. The highest BCUT2D eigenvalue weighted by Gasteiger charge is 2.54. The van der Waals surface area contributed by atoms with Crippen molar-refractivity contribution in [3.8, 4) is 0 Å². The minimum Gasteiger partial charge on any atom is -0.477 e. The van der Waals surface area contributed by atoms with E-state index >= 15 is 0 Å². The van der Waals surface area contributed by atoms with Crippen molar-refractivity contribution < 1.29 is 42.1 Å². The van der Waals surface area contributed by atoms with Gasteiger partial charge in [-0.05, 0) is 16.0 Å². The smallest absolute Gasteiger partial charge is 0.433 e.